The summed E-state index contributed by atoms with van der Waals surface area (Å²) in [6.07, 6.45) is 18.6. The molecule has 128 valence electrons. The van der Waals surface area contributed by atoms with Crippen LogP contribution in [0, 0.1) is 11.8 Å². The number of rotatable bonds is 13. The van der Waals surface area contributed by atoms with Crippen LogP contribution in [0.2, 0.25) is 0 Å². The van der Waals surface area contributed by atoms with Gasteiger partial charge in [-0.25, -0.2) is 4.79 Å². The third-order valence-corrected chi connectivity index (χ3v) is 4.89. The molecule has 1 saturated carbocycles. The lowest BCUT2D eigenvalue weighted by molar-refractivity contribution is -0.131. The topological polar surface area (TPSA) is 46.5 Å². The van der Waals surface area contributed by atoms with E-state index in [2.05, 4.69) is 6.92 Å². The van der Waals surface area contributed by atoms with Crippen LogP contribution < -0.4 is 0 Å². The van der Waals surface area contributed by atoms with E-state index in [1.807, 2.05) is 0 Å². The first-order valence-corrected chi connectivity index (χ1v) is 9.25. The number of unbranched alkanes of at least 4 members (excludes halogenated alkanes) is 5. The smallest absolute Gasteiger partial charge is 0.331 e. The Morgan fingerprint density at radius 2 is 1.68 bits per heavy atom. The summed E-state index contributed by atoms with van der Waals surface area (Å²) in [5, 5.41) is 8.46. The van der Waals surface area contributed by atoms with Crippen molar-refractivity contribution in [3.63, 3.8) is 0 Å². The lowest BCUT2D eigenvalue weighted by Crippen LogP contribution is -2.09. The standard InChI is InChI=1S/C19H34O3/c1-2-3-4-5-6-7-10-17-11-8-12-18(17)13-9-15-22-16-14-19(20)21/h14,16-18H,2-13,15H2,1H3,(H,20,21)/t17-,18+/m0/s1. The first kappa shape index (κ1) is 19.1. The van der Waals surface area contributed by atoms with E-state index in [9.17, 15) is 4.79 Å². The van der Waals surface area contributed by atoms with Crippen molar-refractivity contribution in [1.29, 1.82) is 0 Å². The summed E-state index contributed by atoms with van der Waals surface area (Å²) in [5.41, 5.74) is 0. The fraction of sp³-hybridized carbons (Fsp3) is 0.842. The first-order valence-electron chi connectivity index (χ1n) is 9.25. The van der Waals surface area contributed by atoms with Crippen LogP contribution >= 0.6 is 0 Å². The van der Waals surface area contributed by atoms with Crippen LogP contribution in [0.5, 0.6) is 0 Å². The van der Waals surface area contributed by atoms with Crippen LogP contribution in [-0.2, 0) is 9.53 Å². The van der Waals surface area contributed by atoms with Crippen molar-refractivity contribution < 1.29 is 14.6 Å². The molecule has 1 N–H and O–H groups in total. The summed E-state index contributed by atoms with van der Waals surface area (Å²) < 4.78 is 5.21. The number of ether oxygens (including phenoxy) is 1. The van der Waals surface area contributed by atoms with Gasteiger partial charge in [0.1, 0.15) is 0 Å². The molecular weight excluding hydrogens is 276 g/mol. The van der Waals surface area contributed by atoms with Crippen LogP contribution in [-0.4, -0.2) is 17.7 Å². The Hall–Kier alpha value is -0.990. The van der Waals surface area contributed by atoms with Gasteiger partial charge in [-0.05, 0) is 24.7 Å². The number of carbonyl (C=O) groups is 1. The monoisotopic (exact) mass is 310 g/mol. The molecule has 0 radical (unpaired) electrons. The molecular formula is C19H34O3. The molecule has 0 aliphatic heterocycles. The molecule has 0 aromatic carbocycles. The summed E-state index contributed by atoms with van der Waals surface area (Å²) in [5.74, 6) is 0.859. The molecule has 0 spiro atoms. The number of aliphatic carboxylic acids is 1. The van der Waals surface area contributed by atoms with Crippen LogP contribution in [0.25, 0.3) is 0 Å². The maximum atomic E-state index is 10.3. The van der Waals surface area contributed by atoms with Gasteiger partial charge >= 0.3 is 5.97 Å². The van der Waals surface area contributed by atoms with E-state index >= 15 is 0 Å². The van der Waals surface area contributed by atoms with E-state index in [1.165, 1.54) is 76.9 Å². The zero-order chi connectivity index (χ0) is 16.0. The molecule has 0 bridgehead atoms. The van der Waals surface area contributed by atoms with E-state index in [0.29, 0.717) is 6.61 Å². The zero-order valence-corrected chi connectivity index (χ0v) is 14.3. The molecule has 1 aliphatic carbocycles. The Kier molecular flexibility index (Phi) is 10.9. The van der Waals surface area contributed by atoms with Gasteiger partial charge in [-0.15, -0.1) is 0 Å². The average Bonchev–Trinajstić information content (AvgIpc) is 2.93. The SMILES string of the molecule is CCCCCCCC[C@H]1CCC[C@@H]1CCCOC=CC(=O)O. The Balaban J connectivity index is 2.03. The van der Waals surface area contributed by atoms with Crippen molar-refractivity contribution in [1.82, 2.24) is 0 Å². The minimum Gasteiger partial charge on any atom is -0.501 e. The molecule has 1 rings (SSSR count). The summed E-state index contributed by atoms with van der Waals surface area (Å²) in [6, 6.07) is 0. The summed E-state index contributed by atoms with van der Waals surface area (Å²) >= 11 is 0. The molecule has 1 fully saturated rings. The highest BCUT2D eigenvalue weighted by Crippen LogP contribution is 2.38. The third kappa shape index (κ3) is 9.11. The van der Waals surface area contributed by atoms with Gasteiger partial charge in [-0.1, -0.05) is 71.1 Å². The van der Waals surface area contributed by atoms with Crippen molar-refractivity contribution in [2.75, 3.05) is 6.61 Å². The highest BCUT2D eigenvalue weighted by atomic mass is 16.5. The van der Waals surface area contributed by atoms with Crippen molar-refractivity contribution in [2.24, 2.45) is 11.8 Å². The average molecular weight is 310 g/mol. The molecule has 0 heterocycles. The molecule has 2 atom stereocenters. The van der Waals surface area contributed by atoms with Crippen LogP contribution in [0.1, 0.15) is 84.0 Å². The van der Waals surface area contributed by atoms with Crippen LogP contribution in [0.4, 0.5) is 0 Å². The molecule has 0 unspecified atom stereocenters. The molecule has 22 heavy (non-hydrogen) atoms. The first-order chi connectivity index (χ1) is 10.7. The predicted molar refractivity (Wildman–Crippen MR) is 90.8 cm³/mol. The number of carboxylic acids is 1. The van der Waals surface area contributed by atoms with Gasteiger partial charge in [0.2, 0.25) is 0 Å². The molecule has 0 aromatic rings. The fourth-order valence-electron chi connectivity index (χ4n) is 3.66. The van der Waals surface area contributed by atoms with Crippen molar-refractivity contribution in [3.8, 4) is 0 Å². The maximum Gasteiger partial charge on any atom is 0.331 e. The minimum atomic E-state index is -0.949. The van der Waals surface area contributed by atoms with Gasteiger partial charge in [0, 0.05) is 0 Å². The largest absolute Gasteiger partial charge is 0.501 e. The molecule has 0 saturated heterocycles. The maximum absolute atomic E-state index is 10.3. The Labute approximate surface area is 136 Å². The predicted octanol–water partition coefficient (Wildman–Crippen LogP) is 5.55. The van der Waals surface area contributed by atoms with E-state index in [4.69, 9.17) is 9.84 Å². The van der Waals surface area contributed by atoms with E-state index < -0.39 is 5.97 Å². The van der Waals surface area contributed by atoms with Gasteiger partial charge in [0.15, 0.2) is 0 Å². The minimum absolute atomic E-state index is 0.643. The molecule has 3 nitrogen and oxygen atoms in total. The van der Waals surface area contributed by atoms with Gasteiger partial charge in [0.05, 0.1) is 18.9 Å². The highest BCUT2D eigenvalue weighted by molar-refractivity contribution is 5.79. The Bertz CT molecular complexity index is 312. The van der Waals surface area contributed by atoms with E-state index in [0.717, 1.165) is 24.3 Å². The quantitative estimate of drug-likeness (QED) is 0.276. The zero-order valence-electron chi connectivity index (χ0n) is 14.3. The lowest BCUT2D eigenvalue weighted by atomic mass is 9.87. The number of hydrogen-bond acceptors (Lipinski definition) is 2. The second-order valence-corrected chi connectivity index (χ2v) is 6.66. The Morgan fingerprint density at radius 3 is 2.36 bits per heavy atom. The fourth-order valence-corrected chi connectivity index (χ4v) is 3.66. The summed E-state index contributed by atoms with van der Waals surface area (Å²) in [6.45, 7) is 2.91. The summed E-state index contributed by atoms with van der Waals surface area (Å²) in [7, 11) is 0. The second-order valence-electron chi connectivity index (χ2n) is 6.66. The molecule has 1 aliphatic rings. The van der Waals surface area contributed by atoms with E-state index in [1.54, 1.807) is 0 Å². The van der Waals surface area contributed by atoms with Crippen LogP contribution in [0.3, 0.4) is 0 Å². The lowest BCUT2D eigenvalue weighted by Gasteiger charge is -2.19. The summed E-state index contributed by atoms with van der Waals surface area (Å²) in [4.78, 5) is 10.3. The van der Waals surface area contributed by atoms with Gasteiger partial charge in [0.25, 0.3) is 0 Å². The second kappa shape index (κ2) is 12.5. The van der Waals surface area contributed by atoms with Crippen molar-refractivity contribution in [3.05, 3.63) is 12.3 Å². The van der Waals surface area contributed by atoms with E-state index in [-0.39, 0.29) is 0 Å². The van der Waals surface area contributed by atoms with Crippen molar-refractivity contribution >= 4 is 5.97 Å². The normalized spacial score (nSPS) is 21.5. The molecule has 0 aromatic heterocycles. The van der Waals surface area contributed by atoms with Gasteiger partial charge < -0.3 is 9.84 Å². The van der Waals surface area contributed by atoms with Crippen molar-refractivity contribution in [2.45, 2.75) is 84.0 Å². The Morgan fingerprint density at radius 1 is 1.05 bits per heavy atom. The highest BCUT2D eigenvalue weighted by Gasteiger charge is 2.25. The number of carboxylic acid groups (broad SMARTS) is 1. The van der Waals surface area contributed by atoms with Gasteiger partial charge in [-0.3, -0.25) is 0 Å². The molecule has 0 amide bonds. The molecule has 3 heteroatoms. The number of hydrogen-bond donors (Lipinski definition) is 1. The van der Waals surface area contributed by atoms with Crippen LogP contribution in [0.15, 0.2) is 12.3 Å². The van der Waals surface area contributed by atoms with Gasteiger partial charge in [-0.2, -0.15) is 0 Å². The third-order valence-electron chi connectivity index (χ3n) is 4.89.